The minimum absolute atomic E-state index is 0.201. The smallest absolute Gasteiger partial charge is 0.245 e. The Morgan fingerprint density at radius 3 is 2.23 bits per heavy atom. The van der Waals surface area contributed by atoms with E-state index in [9.17, 15) is 15.8 Å². The van der Waals surface area contributed by atoms with Gasteiger partial charge in [0.25, 0.3) is 0 Å². The minimum Gasteiger partial charge on any atom is -0.443 e. The van der Waals surface area contributed by atoms with Crippen molar-refractivity contribution in [1.29, 1.82) is 21.2 Å². The van der Waals surface area contributed by atoms with Gasteiger partial charge < -0.3 is 9.47 Å². The van der Waals surface area contributed by atoms with Crippen molar-refractivity contribution >= 4 is 40.7 Å². The molecule has 2 saturated heterocycles. The Bertz CT molecular complexity index is 1230. The highest BCUT2D eigenvalue weighted by molar-refractivity contribution is 6.35. The van der Waals surface area contributed by atoms with Crippen molar-refractivity contribution < 1.29 is 9.47 Å². The highest BCUT2D eigenvalue weighted by Crippen LogP contribution is 2.69. The lowest BCUT2D eigenvalue weighted by molar-refractivity contribution is -0.288. The van der Waals surface area contributed by atoms with Crippen LogP contribution in [0.4, 0.5) is 0 Å². The van der Waals surface area contributed by atoms with Gasteiger partial charge in [0.05, 0.1) is 29.1 Å². The van der Waals surface area contributed by atoms with Gasteiger partial charge in [-0.2, -0.15) is 15.8 Å². The predicted octanol–water partition coefficient (Wildman–Crippen LogP) is 5.76. The van der Waals surface area contributed by atoms with Crippen LogP contribution in [0.5, 0.6) is 0 Å². The normalized spacial score (nSPS) is 30.5. The largest absolute Gasteiger partial charge is 0.443 e. The first kappa shape index (κ1) is 21.4. The molecule has 2 aromatic carbocycles. The van der Waals surface area contributed by atoms with E-state index in [4.69, 9.17) is 49.7 Å². The fourth-order valence-corrected chi connectivity index (χ4v) is 5.32. The molecule has 2 fully saturated rings. The maximum absolute atomic E-state index is 10.3. The fourth-order valence-electron chi connectivity index (χ4n) is 4.59. The summed E-state index contributed by atoms with van der Waals surface area (Å²) in [5.74, 6) is -3.15. The Morgan fingerprint density at radius 1 is 0.968 bits per heavy atom. The van der Waals surface area contributed by atoms with Crippen molar-refractivity contribution in [3.05, 3.63) is 68.7 Å². The molecule has 0 aliphatic carbocycles. The van der Waals surface area contributed by atoms with Gasteiger partial charge in [0.2, 0.25) is 17.1 Å². The lowest BCUT2D eigenvalue weighted by atomic mass is 9.53. The number of fused-ring (bicyclic) bond motifs is 2. The molecule has 4 rings (SSSR count). The van der Waals surface area contributed by atoms with Gasteiger partial charge in [0, 0.05) is 15.6 Å². The molecule has 31 heavy (non-hydrogen) atoms. The Labute approximate surface area is 193 Å². The van der Waals surface area contributed by atoms with E-state index < -0.39 is 34.5 Å². The van der Waals surface area contributed by atoms with Crippen LogP contribution in [0.1, 0.15) is 24.2 Å². The van der Waals surface area contributed by atoms with E-state index in [1.54, 1.807) is 43.3 Å². The fraction of sp³-hybridized carbons (Fsp3) is 0.273. The monoisotopic (exact) mass is 470 g/mol. The van der Waals surface area contributed by atoms with Crippen molar-refractivity contribution in [3.63, 3.8) is 0 Å². The van der Waals surface area contributed by atoms with Crippen molar-refractivity contribution in [1.82, 2.24) is 0 Å². The molecule has 0 spiro atoms. The van der Waals surface area contributed by atoms with Gasteiger partial charge in [-0.1, -0.05) is 53.9 Å². The van der Waals surface area contributed by atoms with E-state index >= 15 is 0 Å². The molecule has 2 aromatic rings. The molecule has 2 bridgehead atoms. The highest BCUT2D eigenvalue weighted by atomic mass is 35.5. The molecule has 0 amide bonds. The van der Waals surface area contributed by atoms with Gasteiger partial charge >= 0.3 is 0 Å². The SMILES string of the molecule is CC1C2(c3ccc(Cl)cc3Cl)OC(=N)C1(C#N)C(C#N)(C#N)C(c1cccc(Cl)c1)O2. The van der Waals surface area contributed by atoms with E-state index in [0.717, 1.165) is 0 Å². The second-order valence-electron chi connectivity index (χ2n) is 7.45. The van der Waals surface area contributed by atoms with Crippen LogP contribution in [0.3, 0.4) is 0 Å². The number of nitrogens with one attached hydrogen (secondary N) is 1. The summed E-state index contributed by atoms with van der Waals surface area (Å²) in [5.41, 5.74) is -3.27. The number of hydrogen-bond donors (Lipinski definition) is 1. The summed E-state index contributed by atoms with van der Waals surface area (Å²) in [4.78, 5) is 0. The number of rotatable bonds is 2. The number of benzene rings is 2. The van der Waals surface area contributed by atoms with E-state index in [2.05, 4.69) is 6.07 Å². The molecule has 4 unspecified atom stereocenters. The number of hydrogen-bond acceptors (Lipinski definition) is 6. The van der Waals surface area contributed by atoms with E-state index in [0.29, 0.717) is 21.2 Å². The van der Waals surface area contributed by atoms with Gasteiger partial charge in [0.15, 0.2) is 5.41 Å². The number of ether oxygens (including phenoxy) is 2. The molecule has 2 aliphatic rings. The molecule has 2 heterocycles. The zero-order valence-electron chi connectivity index (χ0n) is 16.0. The van der Waals surface area contributed by atoms with Gasteiger partial charge in [-0.05, 0) is 35.9 Å². The third-order valence-corrected chi connectivity index (χ3v) is 6.91. The zero-order valence-corrected chi connectivity index (χ0v) is 18.3. The molecule has 0 radical (unpaired) electrons. The van der Waals surface area contributed by atoms with Crippen molar-refractivity contribution in [2.45, 2.75) is 18.8 Å². The maximum atomic E-state index is 10.3. The summed E-state index contributed by atoms with van der Waals surface area (Å²) >= 11 is 18.7. The van der Waals surface area contributed by atoms with Crippen LogP contribution in [0.25, 0.3) is 0 Å². The summed E-state index contributed by atoms with van der Waals surface area (Å²) in [6.07, 6.45) is -1.26. The molecule has 154 valence electrons. The second kappa shape index (κ2) is 7.13. The van der Waals surface area contributed by atoms with Crippen LogP contribution in [-0.2, 0) is 15.3 Å². The maximum Gasteiger partial charge on any atom is 0.245 e. The summed E-state index contributed by atoms with van der Waals surface area (Å²) in [7, 11) is 0. The first-order chi connectivity index (χ1) is 14.7. The zero-order chi connectivity index (χ0) is 22.6. The average molecular weight is 472 g/mol. The first-order valence-corrected chi connectivity index (χ1v) is 10.3. The van der Waals surface area contributed by atoms with Gasteiger partial charge in [-0.15, -0.1) is 0 Å². The third kappa shape index (κ3) is 2.56. The molecule has 1 N–H and O–H groups in total. The lowest BCUT2D eigenvalue weighted by Crippen LogP contribution is -2.57. The number of halogens is 3. The molecule has 6 nitrogen and oxygen atoms in total. The molecule has 4 atom stereocenters. The summed E-state index contributed by atoms with van der Waals surface area (Å²) < 4.78 is 12.3. The third-order valence-electron chi connectivity index (χ3n) is 6.13. The highest BCUT2D eigenvalue weighted by Gasteiger charge is 2.80. The molecular weight excluding hydrogens is 459 g/mol. The Kier molecular flexibility index (Phi) is 4.93. The van der Waals surface area contributed by atoms with Crippen LogP contribution in [0.15, 0.2) is 42.5 Å². The molecule has 2 aliphatic heterocycles. The number of nitrogens with zero attached hydrogens (tertiary/aromatic N) is 3. The summed E-state index contributed by atoms with van der Waals surface area (Å²) in [6.45, 7) is 1.60. The quantitative estimate of drug-likeness (QED) is 0.598. The Balaban J connectivity index is 2.07. The van der Waals surface area contributed by atoms with Crippen LogP contribution >= 0.6 is 34.8 Å². The minimum atomic E-state index is -2.08. The van der Waals surface area contributed by atoms with Crippen LogP contribution in [0, 0.1) is 56.2 Å². The van der Waals surface area contributed by atoms with Crippen LogP contribution < -0.4 is 0 Å². The van der Waals surface area contributed by atoms with Gasteiger partial charge in [0.1, 0.15) is 6.10 Å². The van der Waals surface area contributed by atoms with Crippen molar-refractivity contribution in [2.75, 3.05) is 0 Å². The Hall–Kier alpha value is -2.79. The molecule has 0 saturated carbocycles. The van der Waals surface area contributed by atoms with Gasteiger partial charge in [-0.25, -0.2) is 0 Å². The second-order valence-corrected chi connectivity index (χ2v) is 8.73. The van der Waals surface area contributed by atoms with E-state index in [1.165, 1.54) is 6.07 Å². The van der Waals surface area contributed by atoms with E-state index in [-0.39, 0.29) is 5.02 Å². The number of nitriles is 3. The van der Waals surface area contributed by atoms with Crippen LogP contribution in [0.2, 0.25) is 15.1 Å². The first-order valence-electron chi connectivity index (χ1n) is 9.13. The predicted molar refractivity (Wildman–Crippen MR) is 113 cm³/mol. The summed E-state index contributed by atoms with van der Waals surface area (Å²) in [5, 5.41) is 40.2. The molecule has 0 aromatic heterocycles. The van der Waals surface area contributed by atoms with E-state index in [1.807, 2.05) is 12.1 Å². The Morgan fingerprint density at radius 2 is 1.65 bits per heavy atom. The topological polar surface area (TPSA) is 114 Å². The lowest BCUT2D eigenvalue weighted by Gasteiger charge is -2.49. The van der Waals surface area contributed by atoms with Gasteiger partial charge in [-0.3, -0.25) is 5.41 Å². The van der Waals surface area contributed by atoms with Crippen molar-refractivity contribution in [2.24, 2.45) is 16.7 Å². The molecular formula is C22H13Cl3N4O2. The van der Waals surface area contributed by atoms with Crippen LogP contribution in [-0.4, -0.2) is 5.90 Å². The van der Waals surface area contributed by atoms with Crippen molar-refractivity contribution in [3.8, 4) is 18.2 Å². The molecule has 9 heteroatoms. The summed E-state index contributed by atoms with van der Waals surface area (Å²) in [6, 6.07) is 17.2. The standard InChI is InChI=1S/C22H13Cl3N4O2/c1-12-21(11-28)19(29)31-22(12,16-6-5-15(24)8-17(16)25)30-18(20(21,9-26)10-27)13-3-2-4-14(23)7-13/h2-8,12,18,29H,1H3. The average Bonchev–Trinajstić information content (AvgIpc) is 2.90.